The third-order valence-corrected chi connectivity index (χ3v) is 5.33. The second kappa shape index (κ2) is 7.82. The molecule has 0 bridgehead atoms. The van der Waals surface area contributed by atoms with Gasteiger partial charge in [-0.15, -0.1) is 16.6 Å². The highest BCUT2D eigenvalue weighted by Crippen LogP contribution is 2.50. The van der Waals surface area contributed by atoms with Crippen molar-refractivity contribution < 1.29 is 9.53 Å². The number of rotatable bonds is 6. The van der Waals surface area contributed by atoms with Gasteiger partial charge in [-0.1, -0.05) is 25.0 Å². The number of anilines is 2. The number of aromatic nitrogens is 4. The van der Waals surface area contributed by atoms with Crippen molar-refractivity contribution in [3.8, 4) is 18.1 Å². The van der Waals surface area contributed by atoms with Crippen molar-refractivity contribution in [3.05, 3.63) is 53.3 Å². The van der Waals surface area contributed by atoms with Crippen molar-refractivity contribution in [2.45, 2.75) is 25.7 Å². The number of fused-ring (bicyclic) bond motifs is 2. The van der Waals surface area contributed by atoms with Gasteiger partial charge < -0.3 is 9.64 Å². The lowest BCUT2D eigenvalue weighted by Gasteiger charge is -2.42. The molecule has 0 unspecified atom stereocenters. The molecule has 2 aromatic carbocycles. The number of tetrazole rings is 1. The van der Waals surface area contributed by atoms with E-state index in [4.69, 9.17) is 11.2 Å². The molecule has 0 saturated heterocycles. The zero-order chi connectivity index (χ0) is 21.1. The average molecular weight is 400 g/mol. The standard InChI is InChI=1S/C22H22N7O/c1-5-12-30-16-7-9-20-18(14-16)22(2,3)17-13-15(24-23-4)6-8-19(17)29(20)11-10-21-25-27-28-26-21/h1,6-9,13-14H,4,10-12H2,2-3H3,(H,25,26,27,28)/q+1. The molecule has 0 atom stereocenters. The molecule has 8 heteroatoms. The van der Waals surface area contributed by atoms with Crippen LogP contribution in [0.2, 0.25) is 0 Å². The third kappa shape index (κ3) is 3.43. The minimum atomic E-state index is -0.282. The van der Waals surface area contributed by atoms with Gasteiger partial charge in [-0.05, 0) is 47.5 Å². The molecule has 4 rings (SSSR count). The Morgan fingerprint density at radius 2 is 2.00 bits per heavy atom. The number of ether oxygens (including phenoxy) is 1. The van der Waals surface area contributed by atoms with Crippen LogP contribution in [0.4, 0.5) is 17.1 Å². The fourth-order valence-corrected chi connectivity index (χ4v) is 3.89. The van der Waals surface area contributed by atoms with Crippen LogP contribution >= 0.6 is 0 Å². The summed E-state index contributed by atoms with van der Waals surface area (Å²) in [6, 6.07) is 12.2. The van der Waals surface area contributed by atoms with Gasteiger partial charge in [0.25, 0.3) is 6.72 Å². The Bertz CT molecular complexity index is 1150. The van der Waals surface area contributed by atoms with Crippen LogP contribution in [0.3, 0.4) is 0 Å². The lowest BCUT2D eigenvalue weighted by molar-refractivity contribution is -0.0631. The van der Waals surface area contributed by atoms with Crippen molar-refractivity contribution in [3.63, 3.8) is 0 Å². The largest absolute Gasteiger partial charge is 0.481 e. The third-order valence-electron chi connectivity index (χ3n) is 5.33. The quantitative estimate of drug-likeness (QED) is 0.297. The summed E-state index contributed by atoms with van der Waals surface area (Å²) in [4.78, 5) is 5.95. The minimum Gasteiger partial charge on any atom is -0.481 e. The SMILES string of the molecule is C#CCOc1ccc2c(c1)C(C)(C)c1cc(N=[N+]=C)ccc1N2CCc1nn[nH]n1. The van der Waals surface area contributed by atoms with Crippen molar-refractivity contribution in [1.29, 1.82) is 0 Å². The highest BCUT2D eigenvalue weighted by atomic mass is 16.5. The van der Waals surface area contributed by atoms with Gasteiger partial charge in [0.05, 0.1) is 0 Å². The van der Waals surface area contributed by atoms with Crippen LogP contribution < -0.4 is 9.64 Å². The van der Waals surface area contributed by atoms with Gasteiger partial charge in [0.15, 0.2) is 5.82 Å². The Labute approximate surface area is 174 Å². The first-order valence-corrected chi connectivity index (χ1v) is 9.56. The molecule has 0 aliphatic carbocycles. The number of aromatic amines is 1. The molecular weight excluding hydrogens is 378 g/mol. The molecule has 0 spiro atoms. The predicted octanol–water partition coefficient (Wildman–Crippen LogP) is 3.22. The molecule has 3 aromatic rings. The van der Waals surface area contributed by atoms with E-state index in [-0.39, 0.29) is 12.0 Å². The monoisotopic (exact) mass is 400 g/mol. The second-order valence-corrected chi connectivity index (χ2v) is 7.47. The summed E-state index contributed by atoms with van der Waals surface area (Å²) >= 11 is 0. The first kappa shape index (κ1) is 19.4. The van der Waals surface area contributed by atoms with Crippen LogP contribution in [-0.2, 0) is 11.8 Å². The molecule has 0 radical (unpaired) electrons. The molecule has 1 N–H and O–H groups in total. The lowest BCUT2D eigenvalue weighted by Crippen LogP contribution is -2.34. The summed E-state index contributed by atoms with van der Waals surface area (Å²) in [5, 5.41) is 18.4. The second-order valence-electron chi connectivity index (χ2n) is 7.47. The Kier molecular flexibility index (Phi) is 5.05. The number of terminal acetylenes is 1. The van der Waals surface area contributed by atoms with Gasteiger partial charge in [-0.3, -0.25) is 0 Å². The van der Waals surface area contributed by atoms with Crippen molar-refractivity contribution in [1.82, 2.24) is 20.6 Å². The summed E-state index contributed by atoms with van der Waals surface area (Å²) in [5.41, 5.74) is 4.98. The average Bonchev–Trinajstić information content (AvgIpc) is 3.26. The molecule has 2 heterocycles. The zero-order valence-electron chi connectivity index (χ0n) is 17.0. The minimum absolute atomic E-state index is 0.228. The maximum Gasteiger partial charge on any atom is 0.296 e. The predicted molar refractivity (Wildman–Crippen MR) is 114 cm³/mol. The normalized spacial score (nSPS) is 13.6. The maximum absolute atomic E-state index is 5.69. The van der Waals surface area contributed by atoms with E-state index in [9.17, 15) is 0 Å². The first-order valence-electron chi connectivity index (χ1n) is 9.56. The highest BCUT2D eigenvalue weighted by Gasteiger charge is 2.37. The van der Waals surface area contributed by atoms with E-state index >= 15 is 0 Å². The van der Waals surface area contributed by atoms with E-state index in [0.29, 0.717) is 18.8 Å². The van der Waals surface area contributed by atoms with Crippen LogP contribution in [0.25, 0.3) is 0 Å². The molecule has 0 saturated carbocycles. The van der Waals surface area contributed by atoms with Gasteiger partial charge >= 0.3 is 0 Å². The summed E-state index contributed by atoms with van der Waals surface area (Å²) in [5.74, 6) is 3.93. The van der Waals surface area contributed by atoms with E-state index in [0.717, 1.165) is 33.9 Å². The number of hydrogen-bond donors (Lipinski definition) is 1. The number of nitrogens with zero attached hydrogens (tertiary/aromatic N) is 6. The van der Waals surface area contributed by atoms with Crippen LogP contribution in [0.5, 0.6) is 5.75 Å². The highest BCUT2D eigenvalue weighted by molar-refractivity contribution is 5.79. The molecule has 0 fully saturated rings. The summed E-state index contributed by atoms with van der Waals surface area (Å²) < 4.78 is 5.69. The Morgan fingerprint density at radius 3 is 2.70 bits per heavy atom. The fourth-order valence-electron chi connectivity index (χ4n) is 3.89. The Hall–Kier alpha value is -3.95. The summed E-state index contributed by atoms with van der Waals surface area (Å²) in [6.45, 7) is 8.77. The Morgan fingerprint density at radius 1 is 1.23 bits per heavy atom. The van der Waals surface area contributed by atoms with Crippen LogP contribution in [-0.4, -0.2) is 45.3 Å². The molecule has 1 aliphatic rings. The summed E-state index contributed by atoms with van der Waals surface area (Å²) in [6.07, 6.45) is 6.00. The summed E-state index contributed by atoms with van der Waals surface area (Å²) in [7, 11) is 0. The molecule has 150 valence electrons. The van der Waals surface area contributed by atoms with Crippen molar-refractivity contribution >= 4 is 23.8 Å². The molecule has 8 nitrogen and oxygen atoms in total. The number of nitrogens with one attached hydrogen (secondary N) is 1. The van der Waals surface area contributed by atoms with Gasteiger partial charge in [0.2, 0.25) is 0 Å². The first-order chi connectivity index (χ1) is 14.5. The van der Waals surface area contributed by atoms with E-state index in [2.05, 4.69) is 86.2 Å². The topological polar surface area (TPSA) is 93.4 Å². The van der Waals surface area contributed by atoms with E-state index in [1.807, 2.05) is 12.1 Å². The van der Waals surface area contributed by atoms with Gasteiger partial charge in [0.1, 0.15) is 23.2 Å². The molecule has 30 heavy (non-hydrogen) atoms. The Balaban J connectivity index is 1.82. The number of H-pyrrole nitrogens is 1. The van der Waals surface area contributed by atoms with E-state index < -0.39 is 0 Å². The van der Waals surface area contributed by atoms with Gasteiger partial charge in [-0.2, -0.15) is 5.21 Å². The smallest absolute Gasteiger partial charge is 0.296 e. The van der Waals surface area contributed by atoms with Crippen LogP contribution in [0.15, 0.2) is 41.5 Å². The number of hydrogen-bond acceptors (Lipinski definition) is 6. The van der Waals surface area contributed by atoms with Crippen LogP contribution in [0.1, 0.15) is 30.8 Å². The molecular formula is C22H22N7O+. The van der Waals surface area contributed by atoms with E-state index in [1.165, 1.54) is 0 Å². The molecule has 0 amide bonds. The lowest BCUT2D eigenvalue weighted by atomic mass is 9.73. The van der Waals surface area contributed by atoms with Crippen molar-refractivity contribution in [2.24, 2.45) is 5.11 Å². The van der Waals surface area contributed by atoms with E-state index in [1.54, 1.807) is 0 Å². The number of benzene rings is 2. The molecule has 1 aromatic heterocycles. The van der Waals surface area contributed by atoms with Crippen molar-refractivity contribution in [2.75, 3.05) is 18.1 Å². The fraction of sp³-hybridized carbons (Fsp3) is 0.273. The maximum atomic E-state index is 5.69. The van der Waals surface area contributed by atoms with Gasteiger partial charge in [-0.25, -0.2) is 0 Å². The zero-order valence-corrected chi connectivity index (χ0v) is 17.0. The van der Waals surface area contributed by atoms with Crippen LogP contribution in [0, 0.1) is 12.3 Å². The molecule has 1 aliphatic heterocycles. The van der Waals surface area contributed by atoms with Gasteiger partial charge in [0, 0.05) is 34.5 Å².